The van der Waals surface area contributed by atoms with E-state index in [4.69, 9.17) is 18.1 Å². The molecule has 1 heteroatoms. The van der Waals surface area contributed by atoms with Crippen molar-refractivity contribution in [1.82, 2.24) is 0 Å². The van der Waals surface area contributed by atoms with E-state index in [0.29, 0.717) is 5.56 Å². The molecule has 0 fully saturated rings. The Kier molecular flexibility index (Phi) is 4.25. The van der Waals surface area contributed by atoms with Gasteiger partial charge in [0.15, 0.2) is 0 Å². The lowest BCUT2D eigenvalue weighted by molar-refractivity contribution is 0.670. The van der Waals surface area contributed by atoms with Crippen LogP contribution in [0, 0.1) is 0 Å². The van der Waals surface area contributed by atoms with Crippen molar-refractivity contribution in [3.8, 4) is 44.5 Å². The summed E-state index contributed by atoms with van der Waals surface area (Å²) in [5.41, 5.74) is 3.78. The summed E-state index contributed by atoms with van der Waals surface area (Å²) >= 11 is 0. The molecule has 0 bridgehead atoms. The highest BCUT2D eigenvalue weighted by molar-refractivity contribution is 6.21. The molecule has 0 N–H and O–H groups in total. The summed E-state index contributed by atoms with van der Waals surface area (Å²) in [6, 6.07) is 33.2. The van der Waals surface area contributed by atoms with E-state index in [0.717, 1.165) is 49.0 Å². The molecule has 0 unspecified atom stereocenters. The van der Waals surface area contributed by atoms with Crippen LogP contribution in [0.4, 0.5) is 0 Å². The summed E-state index contributed by atoms with van der Waals surface area (Å²) < 4.78 is 102. The van der Waals surface area contributed by atoms with Gasteiger partial charge in [-0.3, -0.25) is 0 Å². The smallest absolute Gasteiger partial charge is 0.143 e. The molecule has 10 aromatic rings. The fourth-order valence-electron chi connectivity index (χ4n) is 7.03. The van der Waals surface area contributed by atoms with E-state index in [1.165, 1.54) is 5.56 Å². The third-order valence-electron chi connectivity index (χ3n) is 9.22. The highest BCUT2D eigenvalue weighted by Crippen LogP contribution is 2.44. The number of hydrogen-bond donors (Lipinski definition) is 0. The Hall–Kier alpha value is -6.44. The summed E-state index contributed by atoms with van der Waals surface area (Å²) in [6.07, 6.45) is 0. The van der Waals surface area contributed by atoms with Gasteiger partial charge in [-0.15, -0.1) is 0 Å². The summed E-state index contributed by atoms with van der Waals surface area (Å²) in [6.45, 7) is 0. The Balaban J connectivity index is 1.17. The second-order valence-electron chi connectivity index (χ2n) is 12.0. The lowest BCUT2D eigenvalue weighted by Gasteiger charge is -2.18. The summed E-state index contributed by atoms with van der Waals surface area (Å²) in [4.78, 5) is 0. The predicted molar refractivity (Wildman–Crippen MR) is 208 cm³/mol. The molecule has 0 aliphatic heterocycles. The molecule has 228 valence electrons. The summed E-state index contributed by atoms with van der Waals surface area (Å²) in [5.74, 6) is 0. The second-order valence-corrected chi connectivity index (χ2v) is 12.0. The average molecular weight is 634 g/mol. The van der Waals surface area contributed by atoms with Crippen molar-refractivity contribution in [3.05, 3.63) is 182 Å². The molecule has 10 rings (SSSR count). The molecule has 0 aliphatic carbocycles. The zero-order valence-corrected chi connectivity index (χ0v) is 25.9. The lowest BCUT2D eigenvalue weighted by atomic mass is 9.85. The quantitative estimate of drug-likeness (QED) is 0.176. The lowest BCUT2D eigenvalue weighted by Crippen LogP contribution is -1.90. The largest absolute Gasteiger partial charge is 0.455 e. The zero-order valence-electron chi connectivity index (χ0n) is 36.9. The topological polar surface area (TPSA) is 13.1 Å². The summed E-state index contributed by atoms with van der Waals surface area (Å²) in [7, 11) is 0. The Morgan fingerprint density at radius 1 is 0.388 bits per heavy atom. The van der Waals surface area contributed by atoms with Crippen LogP contribution < -0.4 is 0 Å². The molecular formula is C48H30O. The van der Waals surface area contributed by atoms with Gasteiger partial charge in [0, 0.05) is 16.3 Å². The molecule has 1 heterocycles. The van der Waals surface area contributed by atoms with Crippen molar-refractivity contribution in [2.24, 2.45) is 0 Å². The van der Waals surface area contributed by atoms with Crippen molar-refractivity contribution >= 4 is 54.3 Å². The fraction of sp³-hybridized carbons (Fsp3) is 0. The van der Waals surface area contributed by atoms with Gasteiger partial charge in [0.1, 0.15) is 11.2 Å². The van der Waals surface area contributed by atoms with Crippen molar-refractivity contribution < 1.29 is 19.5 Å². The number of fused-ring (bicyclic) bond motifs is 6. The second kappa shape index (κ2) is 11.1. The minimum Gasteiger partial charge on any atom is -0.455 e. The van der Waals surface area contributed by atoms with Crippen LogP contribution in [0.2, 0.25) is 0 Å². The number of hydrogen-bond acceptors (Lipinski definition) is 1. The van der Waals surface area contributed by atoms with Crippen LogP contribution in [0.3, 0.4) is 0 Å². The number of rotatable bonds is 4. The van der Waals surface area contributed by atoms with Crippen LogP contribution in [-0.2, 0) is 0 Å². The molecule has 0 saturated heterocycles. The zero-order chi connectivity index (χ0) is 41.9. The summed E-state index contributed by atoms with van der Waals surface area (Å²) in [5, 5.41) is 6.09. The van der Waals surface area contributed by atoms with Crippen LogP contribution >= 0.6 is 0 Å². The van der Waals surface area contributed by atoms with Gasteiger partial charge in [0.05, 0.1) is 15.1 Å². The highest BCUT2D eigenvalue weighted by atomic mass is 16.3. The molecular weight excluding hydrogens is 593 g/mol. The minimum absolute atomic E-state index is 0.0405. The minimum atomic E-state index is -0.652. The van der Waals surface area contributed by atoms with Gasteiger partial charge < -0.3 is 4.42 Å². The number of furan rings is 1. The van der Waals surface area contributed by atoms with Crippen molar-refractivity contribution in [2.75, 3.05) is 0 Å². The van der Waals surface area contributed by atoms with Gasteiger partial charge in [-0.2, -0.15) is 0 Å². The number of benzene rings is 9. The maximum Gasteiger partial charge on any atom is 0.143 e. The van der Waals surface area contributed by atoms with E-state index < -0.39 is 59.9 Å². The first-order valence-corrected chi connectivity index (χ1v) is 15.9. The van der Waals surface area contributed by atoms with Crippen molar-refractivity contribution in [1.29, 1.82) is 0 Å². The van der Waals surface area contributed by atoms with Crippen LogP contribution in [0.1, 0.15) is 15.1 Å². The van der Waals surface area contributed by atoms with Crippen molar-refractivity contribution in [3.63, 3.8) is 0 Å². The van der Waals surface area contributed by atoms with Crippen LogP contribution in [0.15, 0.2) is 186 Å². The molecule has 49 heavy (non-hydrogen) atoms. The molecule has 0 aliphatic rings. The van der Waals surface area contributed by atoms with Crippen LogP contribution in [-0.4, -0.2) is 0 Å². The van der Waals surface area contributed by atoms with Crippen molar-refractivity contribution in [2.45, 2.75) is 0 Å². The molecule has 0 spiro atoms. The number of para-hydroxylation sites is 1. The third-order valence-corrected chi connectivity index (χ3v) is 9.22. The van der Waals surface area contributed by atoms with Gasteiger partial charge in [-0.25, -0.2) is 0 Å². The molecule has 0 amide bonds. The van der Waals surface area contributed by atoms with Gasteiger partial charge in [-0.05, 0) is 95.5 Å². The molecule has 0 atom stereocenters. The van der Waals surface area contributed by atoms with Gasteiger partial charge in [-0.1, -0.05) is 158 Å². The fourth-order valence-corrected chi connectivity index (χ4v) is 7.03. The first-order chi connectivity index (χ1) is 28.9. The van der Waals surface area contributed by atoms with Crippen LogP contribution in [0.25, 0.3) is 98.8 Å². The SMILES string of the molecule is [2H]c1c([2H])c([2H])c(-c2c([2H])c([2H])c([2H])c3c2oc2c([2H])c([2H])c(-c4ccc5cc(-c6c7ccccc7c(-c7ccccc7)c7ccccc67)ccc5c4)c([2H])c23)c([2H])c1[2H]. The Morgan fingerprint density at radius 3 is 1.69 bits per heavy atom. The predicted octanol–water partition coefficient (Wildman–Crippen LogP) is 13.7. The first kappa shape index (κ1) is 18.8. The van der Waals surface area contributed by atoms with E-state index in [1.54, 1.807) is 6.07 Å². The van der Waals surface area contributed by atoms with E-state index in [2.05, 4.69) is 84.9 Å². The standard InChI is InChI=1S/C48H30O/c1-3-12-31(13-4-1)38-20-11-21-43-44-30-36(26-27-45(44)49-48(38)43)34-22-23-35-29-37(25-24-33(35)28-34)47-41-18-9-7-16-39(41)46(32-14-5-2-6-15-32)40-17-8-10-19-42(40)47/h1-30H/i1D,3D,4D,11D,12D,13D,20D,21D,26D,27D,30D. The van der Waals surface area contributed by atoms with E-state index in [9.17, 15) is 1.37 Å². The van der Waals surface area contributed by atoms with Gasteiger partial charge >= 0.3 is 0 Å². The molecule has 1 aromatic heterocycles. The van der Waals surface area contributed by atoms with Gasteiger partial charge in [0.25, 0.3) is 0 Å². The molecule has 9 aromatic carbocycles. The monoisotopic (exact) mass is 633 g/mol. The molecule has 0 saturated carbocycles. The Morgan fingerprint density at radius 2 is 1.00 bits per heavy atom. The molecule has 0 radical (unpaired) electrons. The molecule has 1 nitrogen and oxygen atoms in total. The maximum absolute atomic E-state index is 9.46. The Labute approximate surface area is 299 Å². The first-order valence-electron chi connectivity index (χ1n) is 21.4. The van der Waals surface area contributed by atoms with Gasteiger partial charge in [0.2, 0.25) is 0 Å². The van der Waals surface area contributed by atoms with E-state index >= 15 is 0 Å². The highest BCUT2D eigenvalue weighted by Gasteiger charge is 2.17. The van der Waals surface area contributed by atoms with E-state index in [1.807, 2.05) is 24.3 Å². The maximum atomic E-state index is 9.46. The average Bonchev–Trinajstić information content (AvgIpc) is 3.67. The normalized spacial score (nSPS) is 14.8. The van der Waals surface area contributed by atoms with E-state index in [-0.39, 0.29) is 45.2 Å². The van der Waals surface area contributed by atoms with Crippen LogP contribution in [0.5, 0.6) is 0 Å². The third kappa shape index (κ3) is 4.47. The Bertz CT molecular complexity index is 3420.